The number of halogens is 1. The number of hydrogen-bond acceptors (Lipinski definition) is 3. The average molecular weight is 469 g/mol. The lowest BCUT2D eigenvalue weighted by atomic mass is 10.2. The lowest BCUT2D eigenvalue weighted by Crippen LogP contribution is -2.37. The van der Waals surface area contributed by atoms with Gasteiger partial charge in [-0.25, -0.2) is 4.98 Å². The topological polar surface area (TPSA) is 63.5 Å². The number of rotatable bonds is 9. The molecule has 1 fully saturated rings. The smallest absolute Gasteiger partial charge is 0.191 e. The Hall–Kier alpha value is -1.77. The molecule has 2 aromatic rings. The third-order valence-corrected chi connectivity index (χ3v) is 4.26. The molecular formula is C19H28IN5O. The molecule has 6 nitrogen and oxygen atoms in total. The predicted octanol–water partition coefficient (Wildman–Crippen LogP) is 3.05. The summed E-state index contributed by atoms with van der Waals surface area (Å²) >= 11 is 0. The molecule has 3 rings (SSSR count). The van der Waals surface area contributed by atoms with Gasteiger partial charge in [0.05, 0.1) is 12.9 Å². The van der Waals surface area contributed by atoms with E-state index in [1.54, 1.807) is 13.2 Å². The predicted molar refractivity (Wildman–Crippen MR) is 115 cm³/mol. The molecule has 0 amide bonds. The van der Waals surface area contributed by atoms with Crippen molar-refractivity contribution in [2.75, 3.05) is 20.2 Å². The highest BCUT2D eigenvalue weighted by Gasteiger charge is 2.22. The minimum Gasteiger partial charge on any atom is -0.493 e. The van der Waals surface area contributed by atoms with Crippen molar-refractivity contribution in [2.45, 2.75) is 32.4 Å². The lowest BCUT2D eigenvalue weighted by Gasteiger charge is -2.15. The van der Waals surface area contributed by atoms with E-state index in [4.69, 9.17) is 4.74 Å². The van der Waals surface area contributed by atoms with E-state index in [-0.39, 0.29) is 24.0 Å². The Kier molecular flexibility index (Phi) is 8.73. The second-order valence-corrected chi connectivity index (χ2v) is 6.37. The molecule has 0 bridgehead atoms. The number of para-hydroxylation sites is 1. The number of hydrogen-bond donors (Lipinski definition) is 2. The molecular weight excluding hydrogens is 441 g/mol. The number of aryl methyl sites for hydroxylation is 1. The normalized spacial score (nSPS) is 13.8. The van der Waals surface area contributed by atoms with Gasteiger partial charge < -0.3 is 19.9 Å². The first-order valence-corrected chi connectivity index (χ1v) is 8.96. The van der Waals surface area contributed by atoms with Crippen LogP contribution >= 0.6 is 24.0 Å². The minimum atomic E-state index is 0. The van der Waals surface area contributed by atoms with Crippen molar-refractivity contribution in [3.63, 3.8) is 0 Å². The highest BCUT2D eigenvalue weighted by atomic mass is 127. The summed E-state index contributed by atoms with van der Waals surface area (Å²) in [6.07, 6.45) is 9.23. The number of guanidine groups is 1. The van der Waals surface area contributed by atoms with Crippen LogP contribution in [0.2, 0.25) is 0 Å². The van der Waals surface area contributed by atoms with Gasteiger partial charge in [0.1, 0.15) is 5.75 Å². The second-order valence-electron chi connectivity index (χ2n) is 6.37. The first-order valence-electron chi connectivity index (χ1n) is 8.96. The van der Waals surface area contributed by atoms with Crippen LogP contribution in [0.4, 0.5) is 0 Å². The molecule has 1 saturated carbocycles. The number of aliphatic imine (C=N–C) groups is 1. The Balaban J connectivity index is 0.00000243. The van der Waals surface area contributed by atoms with Crippen molar-refractivity contribution >= 4 is 29.9 Å². The fourth-order valence-electron chi connectivity index (χ4n) is 2.57. The van der Waals surface area contributed by atoms with Crippen molar-refractivity contribution in [1.82, 2.24) is 20.2 Å². The zero-order valence-corrected chi connectivity index (χ0v) is 17.6. The van der Waals surface area contributed by atoms with Crippen LogP contribution < -0.4 is 15.4 Å². The minimum absolute atomic E-state index is 0. The molecule has 0 radical (unpaired) electrons. The number of imidazole rings is 1. The molecule has 1 aromatic carbocycles. The Bertz CT molecular complexity index is 670. The third kappa shape index (κ3) is 6.86. The van der Waals surface area contributed by atoms with E-state index in [1.165, 1.54) is 12.8 Å². The van der Waals surface area contributed by atoms with Crippen LogP contribution in [-0.2, 0) is 13.1 Å². The van der Waals surface area contributed by atoms with Gasteiger partial charge in [-0.15, -0.1) is 24.0 Å². The van der Waals surface area contributed by atoms with E-state index in [2.05, 4.69) is 31.2 Å². The molecule has 1 aliphatic carbocycles. The van der Waals surface area contributed by atoms with Gasteiger partial charge in [0.25, 0.3) is 0 Å². The summed E-state index contributed by atoms with van der Waals surface area (Å²) in [4.78, 5) is 8.33. The quantitative estimate of drug-likeness (QED) is 0.257. The van der Waals surface area contributed by atoms with Gasteiger partial charge in [-0.1, -0.05) is 18.2 Å². The van der Waals surface area contributed by atoms with E-state index >= 15 is 0 Å². The summed E-state index contributed by atoms with van der Waals surface area (Å²) in [6.45, 7) is 3.33. The highest BCUT2D eigenvalue weighted by Crippen LogP contribution is 2.30. The molecule has 0 unspecified atom stereocenters. The van der Waals surface area contributed by atoms with Gasteiger partial charge >= 0.3 is 0 Å². The second kappa shape index (κ2) is 11.1. The van der Waals surface area contributed by atoms with Crippen molar-refractivity contribution in [1.29, 1.82) is 0 Å². The number of nitrogens with one attached hydrogen (secondary N) is 2. The Labute approximate surface area is 172 Å². The van der Waals surface area contributed by atoms with E-state index in [9.17, 15) is 0 Å². The maximum absolute atomic E-state index is 5.96. The number of ether oxygens (including phenoxy) is 1. The number of aromatic nitrogens is 2. The van der Waals surface area contributed by atoms with E-state index in [0.717, 1.165) is 49.3 Å². The molecule has 1 aliphatic rings. The largest absolute Gasteiger partial charge is 0.493 e. The van der Waals surface area contributed by atoms with Crippen LogP contribution in [0.15, 0.2) is 48.0 Å². The molecule has 0 spiro atoms. The number of benzene rings is 1. The van der Waals surface area contributed by atoms with Crippen molar-refractivity contribution in [3.8, 4) is 5.75 Å². The maximum Gasteiger partial charge on any atom is 0.191 e. The monoisotopic (exact) mass is 469 g/mol. The molecule has 142 valence electrons. The zero-order valence-electron chi connectivity index (χ0n) is 15.2. The summed E-state index contributed by atoms with van der Waals surface area (Å²) in [7, 11) is 1.79. The van der Waals surface area contributed by atoms with Crippen molar-refractivity contribution in [2.24, 2.45) is 10.9 Å². The van der Waals surface area contributed by atoms with Gasteiger partial charge in [-0.3, -0.25) is 4.99 Å². The molecule has 0 atom stereocenters. The molecule has 7 heteroatoms. The standard InChI is InChI=1S/C19H27N5O.HI/c1-20-19(22-9-4-11-24-12-10-21-15-24)23-13-17-5-2-3-6-18(17)25-14-16-7-8-16;/h2-3,5-6,10,12,15-16H,4,7-9,11,13-14H2,1H3,(H2,20,22,23);1H. The first kappa shape index (κ1) is 20.5. The average Bonchev–Trinajstić information content (AvgIpc) is 3.33. The van der Waals surface area contributed by atoms with Crippen LogP contribution in [0.1, 0.15) is 24.8 Å². The SMILES string of the molecule is CN=C(NCCCn1ccnc1)NCc1ccccc1OCC1CC1.I. The van der Waals surface area contributed by atoms with Crippen LogP contribution in [0.5, 0.6) is 5.75 Å². The van der Waals surface area contributed by atoms with Gasteiger partial charge in [0.2, 0.25) is 0 Å². The summed E-state index contributed by atoms with van der Waals surface area (Å²) < 4.78 is 8.03. The zero-order chi connectivity index (χ0) is 17.3. The lowest BCUT2D eigenvalue weighted by molar-refractivity contribution is 0.296. The fraction of sp³-hybridized carbons (Fsp3) is 0.474. The Morgan fingerprint density at radius 1 is 1.31 bits per heavy atom. The number of nitrogens with zero attached hydrogens (tertiary/aromatic N) is 3. The van der Waals surface area contributed by atoms with Crippen LogP contribution in [0.25, 0.3) is 0 Å². The molecule has 1 aromatic heterocycles. The molecule has 1 heterocycles. The van der Waals surface area contributed by atoms with Crippen LogP contribution in [-0.4, -0.2) is 35.7 Å². The van der Waals surface area contributed by atoms with Crippen LogP contribution in [0.3, 0.4) is 0 Å². The third-order valence-electron chi connectivity index (χ3n) is 4.26. The molecule has 0 saturated heterocycles. The van der Waals surface area contributed by atoms with Crippen molar-refractivity contribution in [3.05, 3.63) is 48.5 Å². The van der Waals surface area contributed by atoms with Gasteiger partial charge in [-0.05, 0) is 31.2 Å². The molecule has 2 N–H and O–H groups in total. The van der Waals surface area contributed by atoms with Gasteiger partial charge in [0, 0.05) is 44.6 Å². The van der Waals surface area contributed by atoms with Crippen molar-refractivity contribution < 1.29 is 4.74 Å². The summed E-state index contributed by atoms with van der Waals surface area (Å²) in [5.74, 6) is 2.53. The fourth-order valence-corrected chi connectivity index (χ4v) is 2.57. The summed E-state index contributed by atoms with van der Waals surface area (Å²) in [5.41, 5.74) is 1.16. The van der Waals surface area contributed by atoms with E-state index in [1.807, 2.05) is 30.7 Å². The first-order chi connectivity index (χ1) is 12.3. The molecule has 26 heavy (non-hydrogen) atoms. The Morgan fingerprint density at radius 3 is 2.88 bits per heavy atom. The highest BCUT2D eigenvalue weighted by molar-refractivity contribution is 14.0. The van der Waals surface area contributed by atoms with Gasteiger partial charge in [-0.2, -0.15) is 0 Å². The van der Waals surface area contributed by atoms with Crippen LogP contribution in [0, 0.1) is 5.92 Å². The maximum atomic E-state index is 5.96. The summed E-state index contributed by atoms with van der Waals surface area (Å²) in [6, 6.07) is 8.21. The van der Waals surface area contributed by atoms with E-state index in [0.29, 0.717) is 6.54 Å². The van der Waals surface area contributed by atoms with E-state index < -0.39 is 0 Å². The Morgan fingerprint density at radius 2 is 2.15 bits per heavy atom. The molecule has 0 aliphatic heterocycles. The summed E-state index contributed by atoms with van der Waals surface area (Å²) in [5, 5.41) is 6.71. The van der Waals surface area contributed by atoms with Gasteiger partial charge in [0.15, 0.2) is 5.96 Å².